The molecule has 1 aromatic heterocycles. The largest absolute Gasteiger partial charge is 0.325 e. The van der Waals surface area contributed by atoms with Gasteiger partial charge in [-0.3, -0.25) is 9.59 Å². The van der Waals surface area contributed by atoms with E-state index in [1.165, 1.54) is 11.3 Å². The van der Waals surface area contributed by atoms with Gasteiger partial charge in [-0.15, -0.1) is 11.3 Å². The number of nitrogens with one attached hydrogen (secondary N) is 2. The lowest BCUT2D eigenvalue weighted by Gasteiger charge is -2.11. The predicted octanol–water partition coefficient (Wildman–Crippen LogP) is 4.19. The third-order valence-electron chi connectivity index (χ3n) is 3.81. The highest BCUT2D eigenvalue weighted by molar-refractivity contribution is 7.09. The smallest absolute Gasteiger partial charge is 0.255 e. The first-order chi connectivity index (χ1) is 12.5. The summed E-state index contributed by atoms with van der Waals surface area (Å²) in [6, 6.07) is 14.5. The van der Waals surface area contributed by atoms with Gasteiger partial charge in [-0.1, -0.05) is 24.3 Å². The standard InChI is InChI=1S/C20H19N3O2S/c1-13-8-9-15(20(25)22-16-6-4-3-5-7-16)10-18(13)23-19(24)11-17-12-26-14(2)21-17/h3-10,12H,11H2,1-2H3,(H,22,25)(H,23,24). The van der Waals surface area contributed by atoms with E-state index >= 15 is 0 Å². The van der Waals surface area contributed by atoms with E-state index in [2.05, 4.69) is 15.6 Å². The SMILES string of the molecule is Cc1nc(CC(=O)Nc2cc(C(=O)Nc3ccccc3)ccc2C)cs1. The first-order valence-corrected chi connectivity index (χ1v) is 9.07. The van der Waals surface area contributed by atoms with Crippen LogP contribution in [-0.4, -0.2) is 16.8 Å². The monoisotopic (exact) mass is 365 g/mol. The highest BCUT2D eigenvalue weighted by Gasteiger charge is 2.12. The summed E-state index contributed by atoms with van der Waals surface area (Å²) in [5.74, 6) is -0.374. The Kier molecular flexibility index (Phi) is 5.43. The van der Waals surface area contributed by atoms with Crippen molar-refractivity contribution in [3.63, 3.8) is 0 Å². The number of anilines is 2. The number of thiazole rings is 1. The van der Waals surface area contributed by atoms with Crippen molar-refractivity contribution in [1.29, 1.82) is 0 Å². The van der Waals surface area contributed by atoms with Crippen LogP contribution in [0, 0.1) is 13.8 Å². The molecule has 3 rings (SSSR count). The van der Waals surface area contributed by atoms with E-state index in [0.717, 1.165) is 22.0 Å². The highest BCUT2D eigenvalue weighted by atomic mass is 32.1. The van der Waals surface area contributed by atoms with E-state index in [-0.39, 0.29) is 18.2 Å². The fourth-order valence-electron chi connectivity index (χ4n) is 2.47. The van der Waals surface area contributed by atoms with Gasteiger partial charge in [-0.2, -0.15) is 0 Å². The van der Waals surface area contributed by atoms with Crippen molar-refractivity contribution in [3.05, 3.63) is 75.7 Å². The van der Waals surface area contributed by atoms with Gasteiger partial charge in [0.15, 0.2) is 0 Å². The van der Waals surface area contributed by atoms with Crippen molar-refractivity contribution in [2.75, 3.05) is 10.6 Å². The van der Waals surface area contributed by atoms with Crippen LogP contribution in [0.2, 0.25) is 0 Å². The van der Waals surface area contributed by atoms with Crippen LogP contribution in [0.5, 0.6) is 0 Å². The lowest BCUT2D eigenvalue weighted by molar-refractivity contribution is -0.115. The summed E-state index contributed by atoms with van der Waals surface area (Å²) < 4.78 is 0. The summed E-state index contributed by atoms with van der Waals surface area (Å²) >= 11 is 1.52. The molecule has 2 N–H and O–H groups in total. The van der Waals surface area contributed by atoms with Crippen molar-refractivity contribution in [1.82, 2.24) is 4.98 Å². The Bertz CT molecular complexity index is 935. The third-order valence-corrected chi connectivity index (χ3v) is 4.64. The average molecular weight is 365 g/mol. The molecule has 0 radical (unpaired) electrons. The second kappa shape index (κ2) is 7.93. The van der Waals surface area contributed by atoms with Crippen molar-refractivity contribution in [3.8, 4) is 0 Å². The molecule has 132 valence electrons. The average Bonchev–Trinajstić information content (AvgIpc) is 3.02. The van der Waals surface area contributed by atoms with E-state index in [9.17, 15) is 9.59 Å². The summed E-state index contributed by atoms with van der Waals surface area (Å²) in [5, 5.41) is 8.53. The molecule has 1 heterocycles. The number of para-hydroxylation sites is 1. The number of carbonyl (C=O) groups is 2. The zero-order chi connectivity index (χ0) is 18.5. The number of hydrogen-bond donors (Lipinski definition) is 2. The molecule has 0 saturated carbocycles. The number of nitrogens with zero attached hydrogens (tertiary/aromatic N) is 1. The molecule has 0 aliphatic carbocycles. The lowest BCUT2D eigenvalue weighted by Crippen LogP contribution is -2.17. The summed E-state index contributed by atoms with van der Waals surface area (Å²) in [6.07, 6.45) is 0.213. The Hall–Kier alpha value is -2.99. The fourth-order valence-corrected chi connectivity index (χ4v) is 3.08. The molecule has 0 spiro atoms. The summed E-state index contributed by atoms with van der Waals surface area (Å²) in [7, 11) is 0. The van der Waals surface area contributed by atoms with Crippen LogP contribution < -0.4 is 10.6 Å². The molecule has 0 aliphatic rings. The van der Waals surface area contributed by atoms with E-state index in [4.69, 9.17) is 0 Å². The lowest BCUT2D eigenvalue weighted by atomic mass is 10.1. The summed E-state index contributed by atoms with van der Waals surface area (Å²) in [6.45, 7) is 3.80. The number of amides is 2. The molecule has 0 unspecified atom stereocenters. The Morgan fingerprint density at radius 3 is 2.50 bits per heavy atom. The Balaban J connectivity index is 1.70. The van der Waals surface area contributed by atoms with Crippen molar-refractivity contribution in [2.24, 2.45) is 0 Å². The number of rotatable bonds is 5. The van der Waals surface area contributed by atoms with Gasteiger partial charge in [0.1, 0.15) is 0 Å². The molecule has 0 fully saturated rings. The van der Waals surface area contributed by atoms with Crippen molar-refractivity contribution >= 4 is 34.5 Å². The zero-order valence-corrected chi connectivity index (χ0v) is 15.4. The summed E-state index contributed by atoms with van der Waals surface area (Å²) in [5.41, 5.74) is 3.48. The molecule has 6 heteroatoms. The number of aryl methyl sites for hydroxylation is 2. The molecular formula is C20H19N3O2S. The van der Waals surface area contributed by atoms with Gasteiger partial charge >= 0.3 is 0 Å². The van der Waals surface area contributed by atoms with Crippen LogP contribution in [0.4, 0.5) is 11.4 Å². The molecule has 0 aliphatic heterocycles. The third kappa shape index (κ3) is 4.55. The maximum atomic E-state index is 12.4. The van der Waals surface area contributed by atoms with Crippen LogP contribution in [0.25, 0.3) is 0 Å². The molecule has 0 saturated heterocycles. The van der Waals surface area contributed by atoms with Crippen LogP contribution in [-0.2, 0) is 11.2 Å². The first kappa shape index (κ1) is 17.8. The van der Waals surface area contributed by atoms with E-state index in [0.29, 0.717) is 11.3 Å². The van der Waals surface area contributed by atoms with Crippen LogP contribution in [0.1, 0.15) is 26.6 Å². The second-order valence-corrected chi connectivity index (χ2v) is 6.99. The quantitative estimate of drug-likeness (QED) is 0.712. The maximum Gasteiger partial charge on any atom is 0.255 e. The molecule has 0 atom stereocenters. The number of aromatic nitrogens is 1. The normalized spacial score (nSPS) is 10.4. The molecule has 0 bridgehead atoms. The van der Waals surface area contributed by atoms with Gasteiger partial charge in [-0.05, 0) is 43.7 Å². The molecule has 3 aromatic rings. The molecule has 5 nitrogen and oxygen atoms in total. The van der Waals surface area contributed by atoms with Gasteiger partial charge < -0.3 is 10.6 Å². The van der Waals surface area contributed by atoms with Gasteiger partial charge in [0.2, 0.25) is 5.91 Å². The van der Waals surface area contributed by atoms with Gasteiger partial charge in [0.05, 0.1) is 17.1 Å². The Morgan fingerprint density at radius 1 is 1.04 bits per heavy atom. The maximum absolute atomic E-state index is 12.4. The van der Waals surface area contributed by atoms with Crippen LogP contribution in [0.15, 0.2) is 53.9 Å². The first-order valence-electron chi connectivity index (χ1n) is 8.19. The van der Waals surface area contributed by atoms with Crippen LogP contribution in [0.3, 0.4) is 0 Å². The fraction of sp³-hybridized carbons (Fsp3) is 0.150. The topological polar surface area (TPSA) is 71.1 Å². The van der Waals surface area contributed by atoms with Crippen molar-refractivity contribution < 1.29 is 9.59 Å². The van der Waals surface area contributed by atoms with E-state index in [1.807, 2.05) is 55.6 Å². The van der Waals surface area contributed by atoms with E-state index in [1.54, 1.807) is 12.1 Å². The Labute approximate surface area is 156 Å². The second-order valence-electron chi connectivity index (χ2n) is 5.93. The van der Waals surface area contributed by atoms with Crippen LogP contribution >= 0.6 is 11.3 Å². The van der Waals surface area contributed by atoms with Crippen molar-refractivity contribution in [2.45, 2.75) is 20.3 Å². The molecular weight excluding hydrogens is 346 g/mol. The number of benzene rings is 2. The minimum absolute atomic E-state index is 0.154. The predicted molar refractivity (Wildman–Crippen MR) is 105 cm³/mol. The van der Waals surface area contributed by atoms with Gasteiger partial charge in [-0.25, -0.2) is 4.98 Å². The molecule has 26 heavy (non-hydrogen) atoms. The highest BCUT2D eigenvalue weighted by Crippen LogP contribution is 2.19. The van der Waals surface area contributed by atoms with Gasteiger partial charge in [0, 0.05) is 22.3 Å². The minimum Gasteiger partial charge on any atom is -0.325 e. The summed E-state index contributed by atoms with van der Waals surface area (Å²) in [4.78, 5) is 29.0. The molecule has 2 aromatic carbocycles. The van der Waals surface area contributed by atoms with E-state index < -0.39 is 0 Å². The Morgan fingerprint density at radius 2 is 1.81 bits per heavy atom. The molecule has 2 amide bonds. The minimum atomic E-state index is -0.221. The number of carbonyl (C=O) groups excluding carboxylic acids is 2. The number of hydrogen-bond acceptors (Lipinski definition) is 4. The zero-order valence-electron chi connectivity index (χ0n) is 14.6. The van der Waals surface area contributed by atoms with Gasteiger partial charge in [0.25, 0.3) is 5.91 Å².